The molecule has 0 radical (unpaired) electrons. The number of rotatable bonds is 5. The molecule has 0 aliphatic heterocycles. The van der Waals surface area contributed by atoms with Crippen molar-refractivity contribution in [2.75, 3.05) is 5.32 Å². The standard InChI is InChI=1S/C28H27N3O2/c1-18-9-7-11-24(21(18)4)30-28(33)26-25(32)16-20(3)31(17-22-12-14-29-15-13-22)27(26)23-10-6-5-8-19(23)2/h5-16H,17H2,1-4H3,(H,30,33). The van der Waals surface area contributed by atoms with Crippen LogP contribution in [0.5, 0.6) is 0 Å². The Morgan fingerprint density at radius 3 is 2.33 bits per heavy atom. The third-order valence-corrected chi connectivity index (χ3v) is 6.09. The number of benzene rings is 2. The molecule has 2 aromatic heterocycles. The van der Waals surface area contributed by atoms with Gasteiger partial charge in [-0.05, 0) is 68.1 Å². The third-order valence-electron chi connectivity index (χ3n) is 6.09. The van der Waals surface area contributed by atoms with Gasteiger partial charge in [0.2, 0.25) is 0 Å². The molecule has 1 N–H and O–H groups in total. The zero-order valence-corrected chi connectivity index (χ0v) is 19.3. The highest BCUT2D eigenvalue weighted by atomic mass is 16.2. The molecular weight excluding hydrogens is 410 g/mol. The van der Waals surface area contributed by atoms with Crippen LogP contribution in [0.25, 0.3) is 11.3 Å². The van der Waals surface area contributed by atoms with E-state index >= 15 is 0 Å². The summed E-state index contributed by atoms with van der Waals surface area (Å²) < 4.78 is 2.04. The minimum atomic E-state index is -0.407. The predicted molar refractivity (Wildman–Crippen MR) is 133 cm³/mol. The first-order valence-corrected chi connectivity index (χ1v) is 10.9. The zero-order chi connectivity index (χ0) is 23.5. The Bertz CT molecular complexity index is 1390. The third kappa shape index (κ3) is 4.48. The van der Waals surface area contributed by atoms with Gasteiger partial charge >= 0.3 is 0 Å². The van der Waals surface area contributed by atoms with E-state index in [2.05, 4.69) is 10.3 Å². The first-order chi connectivity index (χ1) is 15.9. The number of hydrogen-bond acceptors (Lipinski definition) is 3. The smallest absolute Gasteiger partial charge is 0.261 e. The van der Waals surface area contributed by atoms with Gasteiger partial charge in [0.05, 0.1) is 5.69 Å². The number of carbonyl (C=O) groups excluding carboxylic acids is 1. The molecule has 0 fully saturated rings. The normalized spacial score (nSPS) is 10.8. The number of aromatic nitrogens is 2. The van der Waals surface area contributed by atoms with Crippen LogP contribution >= 0.6 is 0 Å². The van der Waals surface area contributed by atoms with Crippen LogP contribution in [0, 0.1) is 27.7 Å². The Morgan fingerprint density at radius 2 is 1.61 bits per heavy atom. The molecule has 0 unspecified atom stereocenters. The van der Waals surface area contributed by atoms with E-state index in [1.807, 2.05) is 86.9 Å². The SMILES string of the molecule is Cc1ccccc1-c1c(C(=O)Nc2cccc(C)c2C)c(=O)cc(C)n1Cc1ccncc1. The topological polar surface area (TPSA) is 64.0 Å². The average Bonchev–Trinajstić information content (AvgIpc) is 2.79. The average molecular weight is 438 g/mol. The van der Waals surface area contributed by atoms with Gasteiger partial charge in [-0.15, -0.1) is 0 Å². The van der Waals surface area contributed by atoms with Gasteiger partial charge in [-0.3, -0.25) is 14.6 Å². The van der Waals surface area contributed by atoms with Crippen LogP contribution in [0.2, 0.25) is 0 Å². The summed E-state index contributed by atoms with van der Waals surface area (Å²) in [7, 11) is 0. The molecule has 33 heavy (non-hydrogen) atoms. The van der Waals surface area contributed by atoms with Crippen LogP contribution in [-0.2, 0) is 6.54 Å². The number of anilines is 1. The second-order valence-electron chi connectivity index (χ2n) is 8.33. The molecule has 0 spiro atoms. The lowest BCUT2D eigenvalue weighted by atomic mass is 9.98. The number of amides is 1. The summed E-state index contributed by atoms with van der Waals surface area (Å²) in [6.07, 6.45) is 3.49. The molecule has 0 bridgehead atoms. The van der Waals surface area contributed by atoms with Crippen molar-refractivity contribution in [1.29, 1.82) is 0 Å². The maximum absolute atomic E-state index is 13.6. The molecule has 166 valence electrons. The van der Waals surface area contributed by atoms with Gasteiger partial charge in [0.25, 0.3) is 5.91 Å². The van der Waals surface area contributed by atoms with Crippen LogP contribution < -0.4 is 10.7 Å². The molecule has 4 aromatic rings. The highest BCUT2D eigenvalue weighted by Gasteiger charge is 2.23. The van der Waals surface area contributed by atoms with Crippen LogP contribution in [-0.4, -0.2) is 15.5 Å². The number of nitrogens with one attached hydrogen (secondary N) is 1. The molecule has 4 rings (SSSR count). The molecule has 2 aromatic carbocycles. The summed E-state index contributed by atoms with van der Waals surface area (Å²) in [6, 6.07) is 19.0. The Morgan fingerprint density at radius 1 is 0.909 bits per heavy atom. The van der Waals surface area contributed by atoms with Crippen molar-refractivity contribution in [2.24, 2.45) is 0 Å². The number of aryl methyl sites for hydroxylation is 3. The maximum atomic E-state index is 13.6. The lowest BCUT2D eigenvalue weighted by Crippen LogP contribution is -2.27. The summed E-state index contributed by atoms with van der Waals surface area (Å²) in [5.74, 6) is -0.407. The van der Waals surface area contributed by atoms with Crippen molar-refractivity contribution in [2.45, 2.75) is 34.2 Å². The van der Waals surface area contributed by atoms with E-state index in [0.29, 0.717) is 17.9 Å². The van der Waals surface area contributed by atoms with Crippen molar-refractivity contribution >= 4 is 11.6 Å². The lowest BCUT2D eigenvalue weighted by molar-refractivity contribution is 0.102. The van der Waals surface area contributed by atoms with Gasteiger partial charge in [-0.25, -0.2) is 0 Å². The van der Waals surface area contributed by atoms with Crippen molar-refractivity contribution < 1.29 is 4.79 Å². The van der Waals surface area contributed by atoms with Gasteiger partial charge in [0, 0.05) is 41.9 Å². The van der Waals surface area contributed by atoms with E-state index in [1.54, 1.807) is 18.5 Å². The zero-order valence-electron chi connectivity index (χ0n) is 19.3. The van der Waals surface area contributed by atoms with Gasteiger partial charge < -0.3 is 9.88 Å². The van der Waals surface area contributed by atoms with Crippen molar-refractivity contribution in [3.8, 4) is 11.3 Å². The van der Waals surface area contributed by atoms with Gasteiger partial charge in [0.15, 0.2) is 5.43 Å². The van der Waals surface area contributed by atoms with Crippen molar-refractivity contribution in [1.82, 2.24) is 9.55 Å². The first kappa shape index (κ1) is 22.2. The predicted octanol–water partition coefficient (Wildman–Crippen LogP) is 5.44. The summed E-state index contributed by atoms with van der Waals surface area (Å²) >= 11 is 0. The second kappa shape index (κ2) is 9.25. The second-order valence-corrected chi connectivity index (χ2v) is 8.33. The molecule has 5 nitrogen and oxygen atoms in total. The van der Waals surface area contributed by atoms with E-state index < -0.39 is 5.91 Å². The molecule has 0 atom stereocenters. The molecule has 0 saturated carbocycles. The minimum Gasteiger partial charge on any atom is -0.340 e. The maximum Gasteiger partial charge on any atom is 0.261 e. The summed E-state index contributed by atoms with van der Waals surface area (Å²) in [5, 5.41) is 2.99. The Kier molecular flexibility index (Phi) is 6.22. The van der Waals surface area contributed by atoms with E-state index in [9.17, 15) is 9.59 Å². The Hall–Kier alpha value is -3.99. The van der Waals surface area contributed by atoms with E-state index in [1.165, 1.54) is 0 Å². The van der Waals surface area contributed by atoms with E-state index in [4.69, 9.17) is 0 Å². The van der Waals surface area contributed by atoms with Crippen LogP contribution in [0.15, 0.2) is 77.9 Å². The number of hydrogen-bond donors (Lipinski definition) is 1. The number of carbonyl (C=O) groups is 1. The monoisotopic (exact) mass is 437 g/mol. The fourth-order valence-electron chi connectivity index (χ4n) is 4.05. The highest BCUT2D eigenvalue weighted by Crippen LogP contribution is 2.28. The van der Waals surface area contributed by atoms with E-state index in [0.717, 1.165) is 33.5 Å². The molecule has 2 heterocycles. The van der Waals surface area contributed by atoms with E-state index in [-0.39, 0.29) is 11.0 Å². The van der Waals surface area contributed by atoms with Gasteiger partial charge in [0.1, 0.15) is 5.56 Å². The summed E-state index contributed by atoms with van der Waals surface area (Å²) in [5.41, 5.74) is 6.91. The quantitative estimate of drug-likeness (QED) is 0.452. The fourth-order valence-corrected chi connectivity index (χ4v) is 4.05. The number of pyridine rings is 2. The van der Waals surface area contributed by atoms with Gasteiger partial charge in [-0.2, -0.15) is 0 Å². The Labute approximate surface area is 193 Å². The van der Waals surface area contributed by atoms with Crippen LogP contribution in [0.3, 0.4) is 0 Å². The molecule has 0 aliphatic rings. The summed E-state index contributed by atoms with van der Waals surface area (Å²) in [6.45, 7) is 8.37. The molecule has 0 saturated heterocycles. The lowest BCUT2D eigenvalue weighted by Gasteiger charge is -2.22. The number of nitrogens with zero attached hydrogens (tertiary/aromatic N) is 2. The largest absolute Gasteiger partial charge is 0.340 e. The molecular formula is C28H27N3O2. The van der Waals surface area contributed by atoms with Crippen molar-refractivity contribution in [3.63, 3.8) is 0 Å². The van der Waals surface area contributed by atoms with Gasteiger partial charge in [-0.1, -0.05) is 36.4 Å². The Balaban J connectivity index is 1.93. The van der Waals surface area contributed by atoms with Crippen LogP contribution in [0.4, 0.5) is 5.69 Å². The summed E-state index contributed by atoms with van der Waals surface area (Å²) in [4.78, 5) is 30.9. The first-order valence-electron chi connectivity index (χ1n) is 10.9. The molecule has 5 heteroatoms. The fraction of sp³-hybridized carbons (Fsp3) is 0.179. The van der Waals surface area contributed by atoms with Crippen molar-refractivity contribution in [3.05, 3.63) is 117 Å². The minimum absolute atomic E-state index is 0.143. The highest BCUT2D eigenvalue weighted by molar-refractivity contribution is 6.08. The molecule has 1 amide bonds. The van der Waals surface area contributed by atoms with Crippen LogP contribution in [0.1, 0.15) is 38.3 Å². The molecule has 0 aliphatic carbocycles.